The van der Waals surface area contributed by atoms with E-state index >= 15 is 0 Å². The molecule has 0 saturated carbocycles. The third kappa shape index (κ3) is 6.79. The fraction of sp³-hybridized carbons (Fsp3) is 0.778. The zero-order valence-electron chi connectivity index (χ0n) is 17.3. The first-order valence-electron chi connectivity index (χ1n) is 10.1. The Labute approximate surface area is 190 Å². The van der Waals surface area contributed by atoms with Crippen molar-refractivity contribution in [3.8, 4) is 0 Å². The number of guanidine groups is 1. The number of likely N-dealkylation sites (tertiary alicyclic amines) is 1. The summed E-state index contributed by atoms with van der Waals surface area (Å²) in [6, 6.07) is 2.24. The summed E-state index contributed by atoms with van der Waals surface area (Å²) < 4.78 is 31.4. The fourth-order valence-electron chi connectivity index (χ4n) is 3.90. The number of aromatic nitrogens is 1. The first kappa shape index (κ1) is 24.4. The number of nitrogens with one attached hydrogen (secondary N) is 1. The molecule has 0 radical (unpaired) electrons. The average molecular weight is 540 g/mol. The van der Waals surface area contributed by atoms with E-state index in [9.17, 15) is 8.42 Å². The van der Waals surface area contributed by atoms with Gasteiger partial charge in [0.2, 0.25) is 10.0 Å². The SMILES string of the molecule is CN=C(NCCN1CCCCC1C)N1CCN(S(=O)(=O)Cc2ccon2)CC1.I. The second-order valence-electron chi connectivity index (χ2n) is 7.49. The van der Waals surface area contributed by atoms with E-state index in [1.54, 1.807) is 13.1 Å². The van der Waals surface area contributed by atoms with Crippen molar-refractivity contribution >= 4 is 40.0 Å². The quantitative estimate of drug-likeness (QED) is 0.329. The number of rotatable bonds is 6. The Hall–Kier alpha value is -0.920. The highest BCUT2D eigenvalue weighted by Crippen LogP contribution is 2.15. The molecular weight excluding hydrogens is 507 g/mol. The van der Waals surface area contributed by atoms with E-state index in [2.05, 4.69) is 32.2 Å². The maximum Gasteiger partial charge on any atom is 0.220 e. The van der Waals surface area contributed by atoms with Gasteiger partial charge in [0, 0.05) is 58.4 Å². The molecular formula is C18H33IN6O3S. The van der Waals surface area contributed by atoms with Crippen molar-refractivity contribution in [2.75, 3.05) is 52.9 Å². The highest BCUT2D eigenvalue weighted by molar-refractivity contribution is 14.0. The van der Waals surface area contributed by atoms with Crippen LogP contribution in [0, 0.1) is 0 Å². The van der Waals surface area contributed by atoms with Crippen LogP contribution in [-0.2, 0) is 15.8 Å². The van der Waals surface area contributed by atoms with Crippen LogP contribution in [0.25, 0.3) is 0 Å². The predicted octanol–water partition coefficient (Wildman–Crippen LogP) is 1.19. The molecule has 1 aromatic rings. The Morgan fingerprint density at radius 1 is 1.28 bits per heavy atom. The Morgan fingerprint density at radius 2 is 2.03 bits per heavy atom. The van der Waals surface area contributed by atoms with Crippen molar-refractivity contribution in [1.82, 2.24) is 24.6 Å². The molecule has 166 valence electrons. The molecule has 1 atom stereocenters. The Balaban J connectivity index is 0.00000300. The van der Waals surface area contributed by atoms with Crippen LogP contribution in [0.2, 0.25) is 0 Å². The molecule has 2 fully saturated rings. The van der Waals surface area contributed by atoms with Crippen molar-refractivity contribution in [3.05, 3.63) is 18.0 Å². The van der Waals surface area contributed by atoms with E-state index in [1.807, 2.05) is 0 Å². The lowest BCUT2D eigenvalue weighted by atomic mass is 10.0. The minimum atomic E-state index is -3.38. The van der Waals surface area contributed by atoms with E-state index < -0.39 is 10.0 Å². The molecule has 0 aliphatic carbocycles. The molecule has 1 unspecified atom stereocenters. The van der Waals surface area contributed by atoms with Crippen molar-refractivity contribution in [2.24, 2.45) is 4.99 Å². The standard InChI is InChI=1S/C18H32N6O3S.HI/c1-16-5-3-4-8-22(16)9-7-20-18(19-2)23-10-12-24(13-11-23)28(25,26)15-17-6-14-27-21-17;/h6,14,16H,3-5,7-13,15H2,1-2H3,(H,19,20);1H. The number of nitrogens with zero attached hydrogens (tertiary/aromatic N) is 5. The van der Waals surface area contributed by atoms with Crippen LogP contribution in [0.3, 0.4) is 0 Å². The molecule has 0 aromatic carbocycles. The summed E-state index contributed by atoms with van der Waals surface area (Å²) in [5, 5.41) is 7.15. The van der Waals surface area contributed by atoms with Crippen LogP contribution >= 0.6 is 24.0 Å². The molecule has 1 N–H and O–H groups in total. The summed E-state index contributed by atoms with van der Waals surface area (Å²) >= 11 is 0. The summed E-state index contributed by atoms with van der Waals surface area (Å²) in [4.78, 5) is 9.04. The lowest BCUT2D eigenvalue weighted by Crippen LogP contribution is -2.54. The fourth-order valence-corrected chi connectivity index (χ4v) is 5.33. The first-order chi connectivity index (χ1) is 13.5. The lowest BCUT2D eigenvalue weighted by molar-refractivity contribution is 0.163. The van der Waals surface area contributed by atoms with Gasteiger partial charge in [0.25, 0.3) is 0 Å². The largest absolute Gasteiger partial charge is 0.364 e. The van der Waals surface area contributed by atoms with Crippen molar-refractivity contribution in [3.63, 3.8) is 0 Å². The normalized spacial score (nSPS) is 22.3. The van der Waals surface area contributed by atoms with E-state index in [0.29, 0.717) is 37.9 Å². The molecule has 2 aliphatic rings. The average Bonchev–Trinajstić information content (AvgIpc) is 3.19. The molecule has 2 aliphatic heterocycles. The molecule has 1 aromatic heterocycles. The number of hydrogen-bond donors (Lipinski definition) is 1. The van der Waals surface area contributed by atoms with Crippen LogP contribution in [0.5, 0.6) is 0 Å². The van der Waals surface area contributed by atoms with Gasteiger partial charge in [-0.2, -0.15) is 4.31 Å². The third-order valence-corrected chi connectivity index (χ3v) is 7.40. The molecule has 3 heterocycles. The molecule has 0 spiro atoms. The molecule has 11 heteroatoms. The van der Waals surface area contributed by atoms with Crippen molar-refractivity contribution in [2.45, 2.75) is 38.0 Å². The second-order valence-corrected chi connectivity index (χ2v) is 9.46. The van der Waals surface area contributed by atoms with Crippen LogP contribution in [0.15, 0.2) is 21.8 Å². The van der Waals surface area contributed by atoms with E-state index in [-0.39, 0.29) is 29.7 Å². The van der Waals surface area contributed by atoms with Gasteiger partial charge < -0.3 is 14.7 Å². The van der Waals surface area contributed by atoms with Gasteiger partial charge in [-0.15, -0.1) is 24.0 Å². The van der Waals surface area contributed by atoms with Gasteiger partial charge in [0.15, 0.2) is 5.96 Å². The molecule has 9 nitrogen and oxygen atoms in total. The summed E-state index contributed by atoms with van der Waals surface area (Å²) in [7, 11) is -1.61. The molecule has 0 bridgehead atoms. The monoisotopic (exact) mass is 540 g/mol. The number of piperazine rings is 1. The smallest absolute Gasteiger partial charge is 0.220 e. The molecule has 0 amide bonds. The predicted molar refractivity (Wildman–Crippen MR) is 124 cm³/mol. The van der Waals surface area contributed by atoms with Gasteiger partial charge in [0.1, 0.15) is 12.0 Å². The highest BCUT2D eigenvalue weighted by Gasteiger charge is 2.29. The summed E-state index contributed by atoms with van der Waals surface area (Å²) in [6.07, 6.45) is 5.28. The molecule has 2 saturated heterocycles. The third-order valence-electron chi connectivity index (χ3n) is 5.59. The van der Waals surface area contributed by atoms with Gasteiger partial charge in [-0.1, -0.05) is 11.6 Å². The first-order valence-corrected chi connectivity index (χ1v) is 11.7. The Bertz CT molecular complexity index is 735. The lowest BCUT2D eigenvalue weighted by Gasteiger charge is -2.36. The molecule has 29 heavy (non-hydrogen) atoms. The minimum absolute atomic E-state index is 0. The Morgan fingerprint density at radius 3 is 2.66 bits per heavy atom. The number of piperidine rings is 1. The maximum atomic E-state index is 12.6. The van der Waals surface area contributed by atoms with Gasteiger partial charge in [-0.25, -0.2) is 8.42 Å². The van der Waals surface area contributed by atoms with Crippen molar-refractivity contribution < 1.29 is 12.9 Å². The van der Waals surface area contributed by atoms with E-state index in [0.717, 1.165) is 19.0 Å². The van der Waals surface area contributed by atoms with Crippen molar-refractivity contribution in [1.29, 1.82) is 0 Å². The minimum Gasteiger partial charge on any atom is -0.364 e. The summed E-state index contributed by atoms with van der Waals surface area (Å²) in [5.74, 6) is 0.725. The van der Waals surface area contributed by atoms with Crippen LogP contribution < -0.4 is 5.32 Å². The van der Waals surface area contributed by atoms with Crippen LogP contribution in [0.1, 0.15) is 31.9 Å². The topological polar surface area (TPSA) is 94.3 Å². The van der Waals surface area contributed by atoms with E-state index in [4.69, 9.17) is 4.52 Å². The van der Waals surface area contributed by atoms with Crippen LogP contribution in [0.4, 0.5) is 0 Å². The van der Waals surface area contributed by atoms with Gasteiger partial charge >= 0.3 is 0 Å². The van der Waals surface area contributed by atoms with Crippen LogP contribution in [-0.4, -0.2) is 92.5 Å². The zero-order valence-corrected chi connectivity index (χ0v) is 20.4. The second kappa shape index (κ2) is 11.5. The number of halogens is 1. The molecule has 3 rings (SSSR count). The highest BCUT2D eigenvalue weighted by atomic mass is 127. The Kier molecular flexibility index (Phi) is 9.63. The summed E-state index contributed by atoms with van der Waals surface area (Å²) in [6.45, 7) is 7.47. The summed E-state index contributed by atoms with van der Waals surface area (Å²) in [5.41, 5.74) is 0.437. The van der Waals surface area contributed by atoms with Gasteiger partial charge in [-0.05, 0) is 26.3 Å². The van der Waals surface area contributed by atoms with E-state index in [1.165, 1.54) is 36.4 Å². The number of sulfonamides is 1. The van der Waals surface area contributed by atoms with Gasteiger partial charge in [-0.3, -0.25) is 9.89 Å². The maximum absolute atomic E-state index is 12.6. The number of aliphatic imine (C=N–C) groups is 1. The number of hydrogen-bond acceptors (Lipinski definition) is 6. The van der Waals surface area contributed by atoms with Gasteiger partial charge in [0.05, 0.1) is 5.69 Å². The zero-order chi connectivity index (χ0) is 20.0.